The van der Waals surface area contributed by atoms with Crippen molar-refractivity contribution < 1.29 is 18.0 Å². The summed E-state index contributed by atoms with van der Waals surface area (Å²) in [7, 11) is -3.56. The summed E-state index contributed by atoms with van der Waals surface area (Å²) in [6.07, 6.45) is 1.89. The van der Waals surface area contributed by atoms with Gasteiger partial charge in [0.15, 0.2) is 0 Å². The molecule has 0 fully saturated rings. The molecule has 0 aliphatic carbocycles. The number of nitrogens with zero attached hydrogens (tertiary/aromatic N) is 2. The van der Waals surface area contributed by atoms with E-state index in [4.69, 9.17) is 23.2 Å². The van der Waals surface area contributed by atoms with E-state index >= 15 is 0 Å². The topological polar surface area (TPSA) is 86.8 Å². The van der Waals surface area contributed by atoms with Gasteiger partial charge in [0.2, 0.25) is 21.8 Å². The minimum absolute atomic E-state index is 0.0569. The van der Waals surface area contributed by atoms with E-state index < -0.39 is 21.6 Å². The fourth-order valence-electron chi connectivity index (χ4n) is 4.09. The first-order valence-corrected chi connectivity index (χ1v) is 15.2. The average Bonchev–Trinajstić information content (AvgIpc) is 2.78. The molecule has 0 aliphatic rings. The average molecular weight is 585 g/mol. The van der Waals surface area contributed by atoms with Gasteiger partial charge >= 0.3 is 0 Å². The van der Waals surface area contributed by atoms with Gasteiger partial charge in [0.1, 0.15) is 6.04 Å². The first-order valence-electron chi connectivity index (χ1n) is 12.6. The largest absolute Gasteiger partial charge is 0.350 e. The molecule has 0 heterocycles. The normalized spacial score (nSPS) is 12.7. The van der Waals surface area contributed by atoms with E-state index in [2.05, 4.69) is 5.32 Å². The lowest BCUT2D eigenvalue weighted by molar-refractivity contribution is -0.142. The summed E-state index contributed by atoms with van der Waals surface area (Å²) in [5.41, 5.74) is 2.80. The van der Waals surface area contributed by atoms with Gasteiger partial charge in [-0.05, 0) is 88.4 Å². The monoisotopic (exact) mass is 583 g/mol. The summed E-state index contributed by atoms with van der Waals surface area (Å²) in [4.78, 5) is 28.3. The van der Waals surface area contributed by atoms with Crippen LogP contribution >= 0.6 is 23.2 Å². The molecule has 0 saturated heterocycles. The van der Waals surface area contributed by atoms with E-state index in [-0.39, 0.29) is 37.7 Å². The van der Waals surface area contributed by atoms with Crippen molar-refractivity contribution >= 4 is 50.7 Å². The molecule has 0 unspecified atom stereocenters. The summed E-state index contributed by atoms with van der Waals surface area (Å²) in [5.74, 6) is -0.521. The fraction of sp³-hybridized carbons (Fsp3) is 0.500. The number of hydrogen-bond donors (Lipinski definition) is 1. The SMILES string of the molecule is CC[C@H](C(=O)NC(C)(C)C)N(Cc1ccc(Cl)cc1Cl)C(=O)CCCN(c1ccc(C)c(C)c1)S(C)(=O)=O. The van der Waals surface area contributed by atoms with Crippen LogP contribution in [0.25, 0.3) is 0 Å². The van der Waals surface area contributed by atoms with Crippen LogP contribution in [0.15, 0.2) is 36.4 Å². The van der Waals surface area contributed by atoms with E-state index in [1.54, 1.807) is 24.3 Å². The van der Waals surface area contributed by atoms with Gasteiger partial charge in [0, 0.05) is 35.1 Å². The molecule has 0 aliphatic heterocycles. The van der Waals surface area contributed by atoms with Crippen LogP contribution in [0.1, 0.15) is 63.6 Å². The van der Waals surface area contributed by atoms with Crippen molar-refractivity contribution in [2.24, 2.45) is 0 Å². The van der Waals surface area contributed by atoms with Crippen molar-refractivity contribution in [2.45, 2.75) is 78.9 Å². The summed E-state index contributed by atoms with van der Waals surface area (Å²) in [5, 5.41) is 3.84. The number of aryl methyl sites for hydroxylation is 2. The number of sulfonamides is 1. The molecule has 1 N–H and O–H groups in total. The van der Waals surface area contributed by atoms with Gasteiger partial charge in [0.05, 0.1) is 11.9 Å². The lowest BCUT2D eigenvalue weighted by Crippen LogP contribution is -2.53. The molecule has 0 bridgehead atoms. The lowest BCUT2D eigenvalue weighted by Gasteiger charge is -2.33. The van der Waals surface area contributed by atoms with Gasteiger partial charge in [-0.1, -0.05) is 42.3 Å². The Kier molecular flexibility index (Phi) is 11.1. The summed E-state index contributed by atoms with van der Waals surface area (Å²) >= 11 is 12.5. The van der Waals surface area contributed by atoms with Gasteiger partial charge in [-0.2, -0.15) is 0 Å². The Morgan fingerprint density at radius 3 is 2.21 bits per heavy atom. The minimum atomic E-state index is -3.56. The molecule has 1 atom stereocenters. The second-order valence-corrected chi connectivity index (χ2v) is 13.4. The number of carbonyl (C=O) groups excluding carboxylic acids is 2. The first-order chi connectivity index (χ1) is 17.5. The molecule has 2 rings (SSSR count). The Labute approximate surface area is 237 Å². The van der Waals surface area contributed by atoms with Gasteiger partial charge < -0.3 is 10.2 Å². The number of benzene rings is 2. The molecule has 7 nitrogen and oxygen atoms in total. The van der Waals surface area contributed by atoms with E-state index in [1.807, 2.05) is 53.7 Å². The smallest absolute Gasteiger partial charge is 0.243 e. The minimum Gasteiger partial charge on any atom is -0.350 e. The molecule has 0 aromatic heterocycles. The van der Waals surface area contributed by atoms with Crippen molar-refractivity contribution in [3.05, 3.63) is 63.1 Å². The number of hydrogen-bond acceptors (Lipinski definition) is 4. The van der Waals surface area contributed by atoms with Crippen LogP contribution < -0.4 is 9.62 Å². The Morgan fingerprint density at radius 1 is 1.03 bits per heavy atom. The van der Waals surface area contributed by atoms with E-state index in [0.717, 1.165) is 17.4 Å². The highest BCUT2D eigenvalue weighted by atomic mass is 35.5. The number of amides is 2. The van der Waals surface area contributed by atoms with Crippen LogP contribution in [0, 0.1) is 13.8 Å². The Bertz CT molecular complexity index is 1260. The van der Waals surface area contributed by atoms with Gasteiger partial charge in [0.25, 0.3) is 0 Å². The molecule has 2 aromatic carbocycles. The molecular formula is C28H39Cl2N3O4S. The molecule has 38 heavy (non-hydrogen) atoms. The lowest BCUT2D eigenvalue weighted by atomic mass is 10.0. The number of nitrogens with one attached hydrogen (secondary N) is 1. The molecule has 0 saturated carbocycles. The zero-order chi connectivity index (χ0) is 28.8. The second-order valence-electron chi connectivity index (χ2n) is 10.6. The van der Waals surface area contributed by atoms with Crippen molar-refractivity contribution in [1.29, 1.82) is 0 Å². The predicted octanol–water partition coefficient (Wildman–Crippen LogP) is 5.88. The van der Waals surface area contributed by atoms with Crippen molar-refractivity contribution in [3.8, 4) is 0 Å². The molecule has 210 valence electrons. The highest BCUT2D eigenvalue weighted by molar-refractivity contribution is 7.92. The second kappa shape index (κ2) is 13.2. The highest BCUT2D eigenvalue weighted by Gasteiger charge is 2.31. The van der Waals surface area contributed by atoms with Crippen LogP contribution in [0.4, 0.5) is 5.69 Å². The Hall–Kier alpha value is -2.29. The van der Waals surface area contributed by atoms with Crippen LogP contribution in [0.3, 0.4) is 0 Å². The third-order valence-corrected chi connectivity index (χ3v) is 7.95. The zero-order valence-corrected chi connectivity index (χ0v) is 25.6. The van der Waals surface area contributed by atoms with Crippen molar-refractivity contribution in [3.63, 3.8) is 0 Å². The predicted molar refractivity (Wildman–Crippen MR) is 156 cm³/mol. The number of halogens is 2. The number of rotatable bonds is 11. The summed E-state index contributed by atoms with van der Waals surface area (Å²) < 4.78 is 26.5. The van der Waals surface area contributed by atoms with Crippen LogP contribution in [0.5, 0.6) is 0 Å². The molecule has 0 spiro atoms. The van der Waals surface area contributed by atoms with Crippen LogP contribution in [0.2, 0.25) is 10.0 Å². The third kappa shape index (κ3) is 9.17. The van der Waals surface area contributed by atoms with Gasteiger partial charge in [-0.15, -0.1) is 0 Å². The van der Waals surface area contributed by atoms with Crippen LogP contribution in [-0.2, 0) is 26.2 Å². The number of anilines is 1. The molecule has 2 amide bonds. The summed E-state index contributed by atoms with van der Waals surface area (Å²) in [6.45, 7) is 11.6. The maximum Gasteiger partial charge on any atom is 0.243 e. The highest BCUT2D eigenvalue weighted by Crippen LogP contribution is 2.25. The maximum atomic E-state index is 13.6. The zero-order valence-electron chi connectivity index (χ0n) is 23.3. The first kappa shape index (κ1) is 31.9. The van der Waals surface area contributed by atoms with E-state index in [9.17, 15) is 18.0 Å². The summed E-state index contributed by atoms with van der Waals surface area (Å²) in [6, 6.07) is 9.79. The number of carbonyl (C=O) groups is 2. The maximum absolute atomic E-state index is 13.6. The molecule has 2 aromatic rings. The molecule has 0 radical (unpaired) electrons. The van der Waals surface area contributed by atoms with Gasteiger partial charge in [-0.3, -0.25) is 13.9 Å². The van der Waals surface area contributed by atoms with Crippen LogP contribution in [-0.4, -0.2) is 49.5 Å². The Balaban J connectivity index is 2.29. The van der Waals surface area contributed by atoms with E-state index in [1.165, 1.54) is 9.21 Å². The standard InChI is InChI=1S/C28H39Cl2N3O4S/c1-8-25(27(35)31-28(4,5)6)32(18-21-12-13-22(29)17-24(21)30)26(34)10-9-15-33(38(7,36)37)23-14-11-19(2)20(3)16-23/h11-14,16-17,25H,8-10,15,18H2,1-7H3,(H,31,35)/t25-/m1/s1. The van der Waals surface area contributed by atoms with E-state index in [0.29, 0.717) is 27.7 Å². The third-order valence-electron chi connectivity index (χ3n) is 6.17. The van der Waals surface area contributed by atoms with Gasteiger partial charge in [-0.25, -0.2) is 8.42 Å². The van der Waals surface area contributed by atoms with Crippen molar-refractivity contribution in [2.75, 3.05) is 17.1 Å². The Morgan fingerprint density at radius 2 is 1.68 bits per heavy atom. The fourth-order valence-corrected chi connectivity index (χ4v) is 5.52. The van der Waals surface area contributed by atoms with Crippen molar-refractivity contribution in [1.82, 2.24) is 10.2 Å². The quantitative estimate of drug-likeness (QED) is 0.358. The molecule has 10 heteroatoms. The molecular weight excluding hydrogens is 545 g/mol.